The minimum absolute atomic E-state index is 0.0769. The molecule has 0 atom stereocenters. The SMILES string of the molecule is CCSC1=C(c2ccc(C)c(C)c2)C(=O)N(C2CCCCC2)C1=O. The number of hydrogen-bond donors (Lipinski definition) is 0. The number of benzene rings is 1. The minimum Gasteiger partial charge on any atom is -0.271 e. The van der Waals surface area contributed by atoms with E-state index in [9.17, 15) is 9.59 Å². The second kappa shape index (κ2) is 7.14. The summed E-state index contributed by atoms with van der Waals surface area (Å²) in [6.07, 6.45) is 5.32. The number of hydrogen-bond acceptors (Lipinski definition) is 3. The molecule has 0 saturated heterocycles. The first kappa shape index (κ1) is 17.3. The lowest BCUT2D eigenvalue weighted by atomic mass is 9.94. The van der Waals surface area contributed by atoms with Crippen molar-refractivity contribution in [1.29, 1.82) is 0 Å². The van der Waals surface area contributed by atoms with Crippen molar-refractivity contribution in [3.8, 4) is 0 Å². The smallest absolute Gasteiger partial charge is 0.268 e. The van der Waals surface area contributed by atoms with Crippen molar-refractivity contribution in [2.45, 2.75) is 58.9 Å². The van der Waals surface area contributed by atoms with Crippen LogP contribution in [-0.4, -0.2) is 28.5 Å². The fourth-order valence-electron chi connectivity index (χ4n) is 3.63. The van der Waals surface area contributed by atoms with Gasteiger partial charge in [-0.05, 0) is 49.1 Å². The molecule has 2 aliphatic rings. The van der Waals surface area contributed by atoms with E-state index < -0.39 is 0 Å². The van der Waals surface area contributed by atoms with Crippen LogP contribution in [-0.2, 0) is 9.59 Å². The number of aryl methyl sites for hydroxylation is 2. The predicted molar refractivity (Wildman–Crippen MR) is 99.7 cm³/mol. The van der Waals surface area contributed by atoms with Gasteiger partial charge in [-0.1, -0.05) is 44.4 Å². The molecule has 4 heteroatoms. The summed E-state index contributed by atoms with van der Waals surface area (Å²) in [7, 11) is 0. The second-order valence-corrected chi connectivity index (χ2v) is 7.98. The van der Waals surface area contributed by atoms with E-state index in [-0.39, 0.29) is 17.9 Å². The summed E-state index contributed by atoms with van der Waals surface area (Å²) in [5, 5.41) is 0. The third-order valence-electron chi connectivity index (χ3n) is 5.10. The van der Waals surface area contributed by atoms with Gasteiger partial charge >= 0.3 is 0 Å². The third-order valence-corrected chi connectivity index (χ3v) is 6.05. The molecule has 1 aliphatic heterocycles. The number of nitrogens with zero attached hydrogens (tertiary/aromatic N) is 1. The Hall–Kier alpha value is -1.55. The molecule has 0 N–H and O–H groups in total. The lowest BCUT2D eigenvalue weighted by Gasteiger charge is -2.29. The van der Waals surface area contributed by atoms with Gasteiger partial charge in [0.05, 0.1) is 10.5 Å². The Balaban J connectivity index is 2.01. The van der Waals surface area contributed by atoms with Crippen molar-refractivity contribution in [2.75, 3.05) is 5.75 Å². The van der Waals surface area contributed by atoms with Gasteiger partial charge in [0.25, 0.3) is 11.8 Å². The van der Waals surface area contributed by atoms with Gasteiger partial charge in [0, 0.05) is 6.04 Å². The van der Waals surface area contributed by atoms with Gasteiger partial charge in [0.2, 0.25) is 0 Å². The van der Waals surface area contributed by atoms with Gasteiger partial charge in [0.1, 0.15) is 0 Å². The summed E-state index contributed by atoms with van der Waals surface area (Å²) in [6, 6.07) is 6.13. The highest BCUT2D eigenvalue weighted by Gasteiger charge is 2.42. The molecular weight excluding hydrogens is 318 g/mol. The highest BCUT2D eigenvalue weighted by molar-refractivity contribution is 8.04. The van der Waals surface area contributed by atoms with Crippen LogP contribution in [0.15, 0.2) is 23.1 Å². The quantitative estimate of drug-likeness (QED) is 0.757. The van der Waals surface area contributed by atoms with Crippen LogP contribution >= 0.6 is 11.8 Å². The molecule has 1 saturated carbocycles. The molecule has 24 heavy (non-hydrogen) atoms. The summed E-state index contributed by atoms with van der Waals surface area (Å²) in [6.45, 7) is 6.13. The van der Waals surface area contributed by atoms with Crippen molar-refractivity contribution in [1.82, 2.24) is 4.90 Å². The van der Waals surface area contributed by atoms with E-state index in [1.807, 2.05) is 32.0 Å². The summed E-state index contributed by atoms with van der Waals surface area (Å²) in [5.74, 6) is 0.624. The van der Waals surface area contributed by atoms with Crippen molar-refractivity contribution < 1.29 is 9.59 Å². The Kier molecular flexibility index (Phi) is 5.14. The third kappa shape index (κ3) is 3.04. The Labute approximate surface area is 148 Å². The first-order chi connectivity index (χ1) is 11.5. The topological polar surface area (TPSA) is 37.4 Å². The molecule has 0 bridgehead atoms. The van der Waals surface area contributed by atoms with Crippen LogP contribution in [0.3, 0.4) is 0 Å². The average Bonchev–Trinajstić information content (AvgIpc) is 2.82. The number of carbonyl (C=O) groups excluding carboxylic acids is 2. The zero-order valence-electron chi connectivity index (χ0n) is 14.7. The molecule has 3 rings (SSSR count). The van der Waals surface area contributed by atoms with Gasteiger partial charge in [-0.15, -0.1) is 11.8 Å². The normalized spacial score (nSPS) is 19.5. The number of thioether (sulfide) groups is 1. The van der Waals surface area contributed by atoms with E-state index in [4.69, 9.17) is 0 Å². The first-order valence-corrected chi connectivity index (χ1v) is 9.85. The summed E-state index contributed by atoms with van der Waals surface area (Å²) in [5.41, 5.74) is 3.84. The Bertz CT molecular complexity index is 702. The standard InChI is InChI=1S/C20H25NO2S/c1-4-24-18-17(15-11-10-13(2)14(3)12-15)19(22)21(20(18)23)16-8-6-5-7-9-16/h10-12,16H,4-9H2,1-3H3. The van der Waals surface area contributed by atoms with E-state index in [0.29, 0.717) is 10.5 Å². The molecule has 128 valence electrons. The highest BCUT2D eigenvalue weighted by atomic mass is 32.2. The van der Waals surface area contributed by atoms with Gasteiger partial charge < -0.3 is 0 Å². The van der Waals surface area contributed by atoms with Crippen LogP contribution in [0.1, 0.15) is 55.7 Å². The van der Waals surface area contributed by atoms with Crippen LogP contribution < -0.4 is 0 Å². The van der Waals surface area contributed by atoms with E-state index in [1.165, 1.54) is 23.7 Å². The van der Waals surface area contributed by atoms with Gasteiger partial charge in [0.15, 0.2) is 0 Å². The van der Waals surface area contributed by atoms with Crippen molar-refractivity contribution in [3.05, 3.63) is 39.8 Å². The molecule has 0 spiro atoms. The molecule has 1 aromatic rings. The lowest BCUT2D eigenvalue weighted by molar-refractivity contribution is -0.139. The minimum atomic E-state index is -0.0916. The molecule has 0 radical (unpaired) electrons. The highest BCUT2D eigenvalue weighted by Crippen LogP contribution is 2.39. The Morgan fingerprint density at radius 1 is 1.04 bits per heavy atom. The van der Waals surface area contributed by atoms with E-state index >= 15 is 0 Å². The summed E-state index contributed by atoms with van der Waals surface area (Å²) < 4.78 is 0. The fourth-order valence-corrected chi connectivity index (χ4v) is 4.49. The second-order valence-electron chi connectivity index (χ2n) is 6.71. The Morgan fingerprint density at radius 2 is 1.75 bits per heavy atom. The van der Waals surface area contributed by atoms with E-state index in [1.54, 1.807) is 4.90 Å². The molecule has 2 amide bonds. The monoisotopic (exact) mass is 343 g/mol. The number of rotatable bonds is 4. The molecule has 1 aliphatic carbocycles. The molecule has 0 aromatic heterocycles. The van der Waals surface area contributed by atoms with Crippen molar-refractivity contribution in [3.63, 3.8) is 0 Å². The molecule has 1 heterocycles. The van der Waals surface area contributed by atoms with Gasteiger partial charge in [-0.25, -0.2) is 0 Å². The number of imide groups is 1. The van der Waals surface area contributed by atoms with Crippen LogP contribution in [0, 0.1) is 13.8 Å². The van der Waals surface area contributed by atoms with E-state index in [2.05, 4.69) is 6.92 Å². The zero-order chi connectivity index (χ0) is 17.3. The predicted octanol–water partition coefficient (Wildman–Crippen LogP) is 4.47. The lowest BCUT2D eigenvalue weighted by Crippen LogP contribution is -2.42. The molecule has 1 aromatic carbocycles. The maximum atomic E-state index is 13.1. The largest absolute Gasteiger partial charge is 0.271 e. The van der Waals surface area contributed by atoms with Crippen LogP contribution in [0.5, 0.6) is 0 Å². The number of amides is 2. The number of carbonyl (C=O) groups is 2. The fraction of sp³-hybridized carbons (Fsp3) is 0.500. The molecular formula is C20H25NO2S. The van der Waals surface area contributed by atoms with E-state index in [0.717, 1.165) is 42.6 Å². The maximum Gasteiger partial charge on any atom is 0.268 e. The zero-order valence-corrected chi connectivity index (χ0v) is 15.5. The summed E-state index contributed by atoms with van der Waals surface area (Å²) in [4.78, 5) is 28.3. The average molecular weight is 343 g/mol. The molecule has 0 unspecified atom stereocenters. The van der Waals surface area contributed by atoms with Crippen LogP contribution in [0.4, 0.5) is 0 Å². The van der Waals surface area contributed by atoms with Gasteiger partial charge in [-0.2, -0.15) is 0 Å². The molecule has 3 nitrogen and oxygen atoms in total. The van der Waals surface area contributed by atoms with Crippen molar-refractivity contribution in [2.24, 2.45) is 0 Å². The summed E-state index contributed by atoms with van der Waals surface area (Å²) >= 11 is 1.50. The van der Waals surface area contributed by atoms with Gasteiger partial charge in [-0.3, -0.25) is 14.5 Å². The van der Waals surface area contributed by atoms with Crippen LogP contribution in [0.2, 0.25) is 0 Å². The molecule has 1 fully saturated rings. The van der Waals surface area contributed by atoms with Crippen LogP contribution in [0.25, 0.3) is 5.57 Å². The maximum absolute atomic E-state index is 13.1. The Morgan fingerprint density at radius 3 is 2.38 bits per heavy atom. The van der Waals surface area contributed by atoms with Crippen molar-refractivity contribution >= 4 is 29.1 Å². The first-order valence-electron chi connectivity index (χ1n) is 8.87.